The molecule has 7 nitrogen and oxygen atoms in total. The van der Waals surface area contributed by atoms with Gasteiger partial charge in [-0.3, -0.25) is 14.6 Å². The van der Waals surface area contributed by atoms with Crippen LogP contribution in [0.15, 0.2) is 79.8 Å². The number of aromatic nitrogens is 3. The Morgan fingerprint density at radius 2 is 1.89 bits per heavy atom. The second-order valence-electron chi connectivity index (χ2n) is 8.66. The van der Waals surface area contributed by atoms with Gasteiger partial charge < -0.3 is 10.6 Å². The zero-order valence-electron chi connectivity index (χ0n) is 19.2. The number of Topliss-reactive ketones (excluding diaryl/α,β-unsaturated/α-hetero) is 1. The molecule has 35 heavy (non-hydrogen) atoms. The third-order valence-electron chi connectivity index (χ3n) is 6.55. The number of carbonyl (C=O) groups is 2. The fourth-order valence-electron chi connectivity index (χ4n) is 4.74. The molecule has 0 saturated carbocycles. The molecule has 3 heterocycles. The van der Waals surface area contributed by atoms with Gasteiger partial charge in [0.2, 0.25) is 5.91 Å². The molecule has 1 fully saturated rings. The maximum Gasteiger partial charge on any atom is 0.245 e. The van der Waals surface area contributed by atoms with Crippen LogP contribution in [0.3, 0.4) is 0 Å². The number of rotatable bonds is 6. The second kappa shape index (κ2) is 9.46. The van der Waals surface area contributed by atoms with E-state index in [1.807, 2.05) is 53.4 Å². The Balaban J connectivity index is 1.46. The fourth-order valence-corrected chi connectivity index (χ4v) is 4.74. The normalized spacial score (nSPS) is 15.3. The number of anilines is 1. The molecule has 7 heteroatoms. The summed E-state index contributed by atoms with van der Waals surface area (Å²) in [6.45, 7) is 4.90. The van der Waals surface area contributed by atoms with Crippen molar-refractivity contribution in [1.29, 1.82) is 0 Å². The van der Waals surface area contributed by atoms with Crippen LogP contribution in [-0.2, 0) is 11.2 Å². The molecule has 0 bridgehead atoms. The number of fused-ring (bicyclic) bond motifs is 1. The quantitative estimate of drug-likeness (QED) is 0.340. The molecule has 174 valence electrons. The summed E-state index contributed by atoms with van der Waals surface area (Å²) in [4.78, 5) is 39.6. The van der Waals surface area contributed by atoms with Crippen molar-refractivity contribution >= 4 is 28.4 Å². The van der Waals surface area contributed by atoms with E-state index in [9.17, 15) is 9.59 Å². The van der Waals surface area contributed by atoms with Gasteiger partial charge in [0.05, 0.1) is 17.3 Å². The largest absolute Gasteiger partial charge is 0.383 e. The highest BCUT2D eigenvalue weighted by atomic mass is 16.2. The Morgan fingerprint density at radius 3 is 2.63 bits per heavy atom. The number of ketones is 1. The van der Waals surface area contributed by atoms with Crippen LogP contribution in [-0.4, -0.2) is 44.6 Å². The zero-order valence-corrected chi connectivity index (χ0v) is 19.2. The topological polar surface area (TPSA) is 102 Å². The molecule has 2 aromatic carbocycles. The van der Waals surface area contributed by atoms with Crippen LogP contribution >= 0.6 is 0 Å². The molecular formula is C28H25N5O2. The van der Waals surface area contributed by atoms with Crippen molar-refractivity contribution in [3.05, 3.63) is 96.6 Å². The van der Waals surface area contributed by atoms with Crippen molar-refractivity contribution in [1.82, 2.24) is 19.9 Å². The Labute approximate surface area is 203 Å². The molecule has 2 aromatic heterocycles. The van der Waals surface area contributed by atoms with Crippen LogP contribution in [0.25, 0.3) is 22.0 Å². The van der Waals surface area contributed by atoms with Gasteiger partial charge in [0, 0.05) is 36.5 Å². The van der Waals surface area contributed by atoms with Crippen LogP contribution < -0.4 is 5.73 Å². The van der Waals surface area contributed by atoms with Crippen LogP contribution in [0, 0.1) is 0 Å². The number of benzene rings is 2. The van der Waals surface area contributed by atoms with E-state index in [2.05, 4.69) is 27.6 Å². The van der Waals surface area contributed by atoms with E-state index in [1.165, 1.54) is 12.4 Å². The predicted molar refractivity (Wildman–Crippen MR) is 136 cm³/mol. The highest BCUT2D eigenvalue weighted by molar-refractivity contribution is 6.03. The van der Waals surface area contributed by atoms with E-state index >= 15 is 0 Å². The Kier molecular flexibility index (Phi) is 6.06. The highest BCUT2D eigenvalue weighted by Crippen LogP contribution is 2.38. The molecule has 1 aliphatic rings. The summed E-state index contributed by atoms with van der Waals surface area (Å²) in [5.74, 6) is 0.522. The standard InChI is InChI=1S/C28H25N5O2/c1-2-25(35)33-14-12-20(16-33)23-11-10-22(26-27(23)31-17-32-28(26)29)18-6-8-19(9-7-18)24(34)15-21-5-3-4-13-30-21/h2-11,13,17,20H,1,12,14-16H2,(H2,29,31,32). The van der Waals surface area contributed by atoms with Gasteiger partial charge in [-0.1, -0.05) is 49.0 Å². The monoisotopic (exact) mass is 463 g/mol. The minimum Gasteiger partial charge on any atom is -0.383 e. The SMILES string of the molecule is C=CC(=O)N1CCC(c2ccc(-c3ccc(C(=O)Cc4ccccn4)cc3)c3c(N)ncnc23)C1. The van der Waals surface area contributed by atoms with Crippen molar-refractivity contribution in [2.75, 3.05) is 18.8 Å². The van der Waals surface area contributed by atoms with Crippen molar-refractivity contribution in [3.8, 4) is 11.1 Å². The first-order chi connectivity index (χ1) is 17.0. The van der Waals surface area contributed by atoms with Crippen LogP contribution in [0.1, 0.15) is 34.0 Å². The summed E-state index contributed by atoms with van der Waals surface area (Å²) in [6, 6.07) is 17.2. The van der Waals surface area contributed by atoms with Gasteiger partial charge in [0.15, 0.2) is 5.78 Å². The van der Waals surface area contributed by atoms with Crippen molar-refractivity contribution in [2.24, 2.45) is 0 Å². The van der Waals surface area contributed by atoms with Gasteiger partial charge in [-0.25, -0.2) is 9.97 Å². The lowest BCUT2D eigenvalue weighted by Gasteiger charge is -2.17. The number of hydrogen-bond acceptors (Lipinski definition) is 6. The summed E-state index contributed by atoms with van der Waals surface area (Å²) < 4.78 is 0. The number of hydrogen-bond donors (Lipinski definition) is 1. The predicted octanol–water partition coefficient (Wildman–Crippen LogP) is 4.20. The molecule has 1 amide bonds. The van der Waals surface area contributed by atoms with Crippen molar-refractivity contribution in [3.63, 3.8) is 0 Å². The molecule has 1 aliphatic heterocycles. The first-order valence-corrected chi connectivity index (χ1v) is 11.5. The third-order valence-corrected chi connectivity index (χ3v) is 6.55. The van der Waals surface area contributed by atoms with Gasteiger partial charge in [-0.05, 0) is 41.3 Å². The van der Waals surface area contributed by atoms with E-state index in [0.29, 0.717) is 24.5 Å². The fraction of sp³-hybridized carbons (Fsp3) is 0.179. The molecule has 5 rings (SSSR count). The van der Waals surface area contributed by atoms with Crippen molar-refractivity contribution < 1.29 is 9.59 Å². The summed E-state index contributed by atoms with van der Waals surface area (Å²) in [5.41, 5.74) is 11.4. The molecule has 1 atom stereocenters. The van der Waals surface area contributed by atoms with Gasteiger partial charge in [0.1, 0.15) is 12.1 Å². The molecule has 1 saturated heterocycles. The van der Waals surface area contributed by atoms with Crippen LogP contribution in [0.5, 0.6) is 0 Å². The number of nitrogens with zero attached hydrogens (tertiary/aromatic N) is 4. The Bertz CT molecular complexity index is 1420. The molecule has 1 unspecified atom stereocenters. The molecule has 0 radical (unpaired) electrons. The first-order valence-electron chi connectivity index (χ1n) is 11.5. The molecule has 0 aliphatic carbocycles. The Morgan fingerprint density at radius 1 is 1.06 bits per heavy atom. The molecular weight excluding hydrogens is 438 g/mol. The van der Waals surface area contributed by atoms with Gasteiger partial charge in [0.25, 0.3) is 0 Å². The minimum absolute atomic E-state index is 0.0122. The average Bonchev–Trinajstić information content (AvgIpc) is 3.39. The maximum atomic E-state index is 12.7. The summed E-state index contributed by atoms with van der Waals surface area (Å²) >= 11 is 0. The summed E-state index contributed by atoms with van der Waals surface area (Å²) in [6.07, 6.45) is 5.63. The number of carbonyl (C=O) groups excluding carboxylic acids is 2. The molecule has 4 aromatic rings. The van der Waals surface area contributed by atoms with E-state index < -0.39 is 0 Å². The number of nitrogen functional groups attached to an aromatic ring is 1. The molecule has 2 N–H and O–H groups in total. The third kappa shape index (κ3) is 4.40. The van der Waals surface area contributed by atoms with E-state index in [1.54, 1.807) is 6.20 Å². The van der Waals surface area contributed by atoms with Crippen molar-refractivity contribution in [2.45, 2.75) is 18.8 Å². The highest BCUT2D eigenvalue weighted by Gasteiger charge is 2.28. The minimum atomic E-state index is -0.0553. The smallest absolute Gasteiger partial charge is 0.245 e. The van der Waals surface area contributed by atoms with E-state index in [4.69, 9.17) is 5.73 Å². The maximum absolute atomic E-state index is 12.7. The van der Waals surface area contributed by atoms with Gasteiger partial charge in [-0.2, -0.15) is 0 Å². The summed E-state index contributed by atoms with van der Waals surface area (Å²) in [5, 5.41) is 0.783. The number of amides is 1. The van der Waals surface area contributed by atoms with E-state index in [-0.39, 0.29) is 24.0 Å². The molecule has 0 spiro atoms. The number of nitrogens with two attached hydrogens (primary N) is 1. The van der Waals surface area contributed by atoms with Crippen LogP contribution in [0.4, 0.5) is 5.82 Å². The first kappa shape index (κ1) is 22.4. The lowest BCUT2D eigenvalue weighted by Crippen LogP contribution is -2.26. The summed E-state index contributed by atoms with van der Waals surface area (Å²) in [7, 11) is 0. The van der Waals surface area contributed by atoms with E-state index in [0.717, 1.165) is 39.7 Å². The zero-order chi connectivity index (χ0) is 24.4. The second-order valence-corrected chi connectivity index (χ2v) is 8.66. The number of pyridine rings is 1. The average molecular weight is 464 g/mol. The number of likely N-dealkylation sites (tertiary alicyclic amines) is 1. The lowest BCUT2D eigenvalue weighted by atomic mass is 9.91. The lowest BCUT2D eigenvalue weighted by molar-refractivity contribution is -0.125. The van der Waals surface area contributed by atoms with Crippen LogP contribution in [0.2, 0.25) is 0 Å². The Hall–Kier alpha value is -4.39. The van der Waals surface area contributed by atoms with Gasteiger partial charge >= 0.3 is 0 Å². The van der Waals surface area contributed by atoms with Gasteiger partial charge in [-0.15, -0.1) is 0 Å².